The molecule has 0 saturated carbocycles. The molecule has 1 amide bonds. The maximum absolute atomic E-state index is 13.3. The number of ether oxygens (including phenoxy) is 2. The number of aryl methyl sites for hydroxylation is 1. The summed E-state index contributed by atoms with van der Waals surface area (Å²) in [6.45, 7) is 1.93. The number of nitrogens with one attached hydrogen (secondary N) is 1. The molecule has 0 heterocycles. The smallest absolute Gasteiger partial charge is 0.264 e. The fraction of sp³-hybridized carbons (Fsp3) is 0.208. The van der Waals surface area contributed by atoms with Crippen molar-refractivity contribution in [1.82, 2.24) is 5.32 Å². The Morgan fingerprint density at radius 3 is 2.30 bits per heavy atom. The van der Waals surface area contributed by atoms with Gasteiger partial charge in [0.2, 0.25) is 5.91 Å². The fourth-order valence-electron chi connectivity index (χ4n) is 2.99. The van der Waals surface area contributed by atoms with Crippen LogP contribution in [0.3, 0.4) is 0 Å². The summed E-state index contributed by atoms with van der Waals surface area (Å²) in [5, 5.41) is 3.29. The first kappa shape index (κ1) is 24.4. The second-order valence-electron chi connectivity index (χ2n) is 7.13. The first-order valence-electron chi connectivity index (χ1n) is 10.2. The van der Waals surface area contributed by atoms with Crippen molar-refractivity contribution in [2.45, 2.75) is 11.8 Å². The highest BCUT2D eigenvalue weighted by atomic mass is 35.5. The highest BCUT2D eigenvalue weighted by Crippen LogP contribution is 2.25. The number of para-hydroxylation sites is 1. The summed E-state index contributed by atoms with van der Waals surface area (Å²) in [4.78, 5) is 12.7. The Labute approximate surface area is 198 Å². The molecule has 0 aliphatic rings. The number of hydrogen-bond donors (Lipinski definition) is 1. The Bertz CT molecular complexity index is 1190. The third-order valence-electron chi connectivity index (χ3n) is 4.82. The van der Waals surface area contributed by atoms with E-state index in [-0.39, 0.29) is 24.6 Å². The lowest BCUT2D eigenvalue weighted by atomic mass is 10.2. The summed E-state index contributed by atoms with van der Waals surface area (Å²) in [5.41, 5.74) is 1.32. The number of hydrogen-bond acceptors (Lipinski definition) is 5. The number of sulfonamides is 1. The quantitative estimate of drug-likeness (QED) is 0.435. The Morgan fingerprint density at radius 1 is 1.00 bits per heavy atom. The van der Waals surface area contributed by atoms with E-state index in [1.165, 1.54) is 19.2 Å². The molecule has 9 heteroatoms. The Hall–Kier alpha value is -3.23. The van der Waals surface area contributed by atoms with E-state index in [9.17, 15) is 13.2 Å². The van der Waals surface area contributed by atoms with E-state index in [4.69, 9.17) is 21.1 Å². The summed E-state index contributed by atoms with van der Waals surface area (Å²) in [6, 6.07) is 19.8. The van der Waals surface area contributed by atoms with Crippen molar-refractivity contribution in [2.75, 3.05) is 31.1 Å². The minimum absolute atomic E-state index is 0.0551. The molecule has 0 radical (unpaired) electrons. The van der Waals surface area contributed by atoms with E-state index < -0.39 is 15.9 Å². The standard InChI is InChI=1S/C24H25ClN2O5S/c1-18-8-9-21(16-23(18)25)32-15-14-26-24(28)17-27(19-6-4-3-5-7-19)33(29,30)22-12-10-20(31-2)11-13-22/h3-13,16H,14-15,17H2,1-2H3,(H,26,28). The van der Waals surface area contributed by atoms with Crippen LogP contribution in [0.15, 0.2) is 77.7 Å². The molecule has 0 aliphatic carbocycles. The molecule has 0 atom stereocenters. The molecule has 0 aliphatic heterocycles. The zero-order chi connectivity index (χ0) is 23.8. The molecule has 0 aromatic heterocycles. The zero-order valence-electron chi connectivity index (χ0n) is 18.3. The molecule has 3 rings (SSSR count). The third-order valence-corrected chi connectivity index (χ3v) is 7.01. The van der Waals surface area contributed by atoms with Gasteiger partial charge in [-0.3, -0.25) is 9.10 Å². The summed E-state index contributed by atoms with van der Waals surface area (Å²) in [7, 11) is -2.48. The number of methoxy groups -OCH3 is 1. The van der Waals surface area contributed by atoms with E-state index >= 15 is 0 Å². The van der Waals surface area contributed by atoms with E-state index in [1.807, 2.05) is 13.0 Å². The molecule has 0 bridgehead atoms. The van der Waals surface area contributed by atoms with E-state index in [1.54, 1.807) is 54.6 Å². The van der Waals surface area contributed by atoms with Crippen LogP contribution in [0.2, 0.25) is 5.02 Å². The Kier molecular flexibility index (Phi) is 8.19. The molecule has 3 aromatic rings. The fourth-order valence-corrected chi connectivity index (χ4v) is 4.58. The lowest BCUT2D eigenvalue weighted by Gasteiger charge is -2.24. The Morgan fingerprint density at radius 2 is 1.67 bits per heavy atom. The maximum atomic E-state index is 13.3. The lowest BCUT2D eigenvalue weighted by molar-refractivity contribution is -0.119. The van der Waals surface area contributed by atoms with Crippen molar-refractivity contribution in [1.29, 1.82) is 0 Å². The summed E-state index contributed by atoms with van der Waals surface area (Å²) in [6.07, 6.45) is 0. The third kappa shape index (κ3) is 6.40. The Balaban J connectivity index is 1.67. The van der Waals surface area contributed by atoms with E-state index in [0.29, 0.717) is 22.2 Å². The van der Waals surface area contributed by atoms with Gasteiger partial charge in [0.25, 0.3) is 10.0 Å². The van der Waals surface area contributed by atoms with Crippen molar-refractivity contribution < 1.29 is 22.7 Å². The van der Waals surface area contributed by atoms with Crippen LogP contribution in [0, 0.1) is 6.92 Å². The normalized spacial score (nSPS) is 11.0. The molecule has 33 heavy (non-hydrogen) atoms. The van der Waals surface area contributed by atoms with Gasteiger partial charge in [0.1, 0.15) is 24.7 Å². The van der Waals surface area contributed by atoms with Gasteiger partial charge in [-0.05, 0) is 61.0 Å². The van der Waals surface area contributed by atoms with Gasteiger partial charge in [0.05, 0.1) is 24.2 Å². The number of benzene rings is 3. The molecular formula is C24H25ClN2O5S. The number of amides is 1. The van der Waals surface area contributed by atoms with Crippen LogP contribution in [0.1, 0.15) is 5.56 Å². The van der Waals surface area contributed by atoms with Crippen molar-refractivity contribution >= 4 is 33.2 Å². The topological polar surface area (TPSA) is 84.9 Å². The van der Waals surface area contributed by atoms with Crippen LogP contribution in [0.25, 0.3) is 0 Å². The average molecular weight is 489 g/mol. The monoisotopic (exact) mass is 488 g/mol. The first-order valence-corrected chi connectivity index (χ1v) is 12.0. The summed E-state index contributed by atoms with van der Waals surface area (Å²) < 4.78 is 38.4. The van der Waals surface area contributed by atoms with Crippen LogP contribution in [-0.2, 0) is 14.8 Å². The predicted molar refractivity (Wildman–Crippen MR) is 129 cm³/mol. The average Bonchev–Trinajstić information content (AvgIpc) is 2.83. The second-order valence-corrected chi connectivity index (χ2v) is 9.40. The summed E-state index contributed by atoms with van der Waals surface area (Å²) in [5.74, 6) is 0.669. The van der Waals surface area contributed by atoms with Gasteiger partial charge in [-0.15, -0.1) is 0 Å². The van der Waals surface area contributed by atoms with Crippen LogP contribution in [-0.4, -0.2) is 41.1 Å². The second kappa shape index (κ2) is 11.1. The highest BCUT2D eigenvalue weighted by molar-refractivity contribution is 7.92. The van der Waals surface area contributed by atoms with Gasteiger partial charge in [-0.2, -0.15) is 0 Å². The largest absolute Gasteiger partial charge is 0.497 e. The minimum atomic E-state index is -3.99. The molecular weight excluding hydrogens is 464 g/mol. The number of rotatable bonds is 10. The minimum Gasteiger partial charge on any atom is -0.497 e. The number of anilines is 1. The maximum Gasteiger partial charge on any atom is 0.264 e. The predicted octanol–water partition coefficient (Wildman–Crippen LogP) is 4.05. The highest BCUT2D eigenvalue weighted by Gasteiger charge is 2.27. The van der Waals surface area contributed by atoms with Crippen molar-refractivity contribution in [3.63, 3.8) is 0 Å². The molecule has 7 nitrogen and oxygen atoms in total. The molecule has 174 valence electrons. The van der Waals surface area contributed by atoms with Gasteiger partial charge in [-0.1, -0.05) is 35.9 Å². The number of carbonyl (C=O) groups excluding carboxylic acids is 1. The summed E-state index contributed by atoms with van der Waals surface area (Å²) >= 11 is 6.08. The van der Waals surface area contributed by atoms with E-state index in [0.717, 1.165) is 9.87 Å². The first-order chi connectivity index (χ1) is 15.8. The van der Waals surface area contributed by atoms with Gasteiger partial charge < -0.3 is 14.8 Å². The van der Waals surface area contributed by atoms with Crippen molar-refractivity contribution in [3.8, 4) is 11.5 Å². The van der Waals surface area contributed by atoms with Crippen molar-refractivity contribution in [2.24, 2.45) is 0 Å². The SMILES string of the molecule is COc1ccc(S(=O)(=O)N(CC(=O)NCCOc2ccc(C)c(Cl)c2)c2ccccc2)cc1. The van der Waals surface area contributed by atoms with Crippen LogP contribution in [0.5, 0.6) is 11.5 Å². The van der Waals surface area contributed by atoms with Gasteiger partial charge in [0.15, 0.2) is 0 Å². The molecule has 0 unspecified atom stereocenters. The number of nitrogens with zero attached hydrogens (tertiary/aromatic N) is 1. The lowest BCUT2D eigenvalue weighted by Crippen LogP contribution is -2.41. The van der Waals surface area contributed by atoms with Gasteiger partial charge in [-0.25, -0.2) is 8.42 Å². The number of carbonyl (C=O) groups is 1. The van der Waals surface area contributed by atoms with E-state index in [2.05, 4.69) is 5.32 Å². The molecule has 0 saturated heterocycles. The van der Waals surface area contributed by atoms with Crippen molar-refractivity contribution in [3.05, 3.63) is 83.4 Å². The molecule has 3 aromatic carbocycles. The van der Waals surface area contributed by atoms with Gasteiger partial charge >= 0.3 is 0 Å². The molecule has 1 N–H and O–H groups in total. The van der Waals surface area contributed by atoms with Gasteiger partial charge in [0, 0.05) is 5.02 Å². The molecule has 0 fully saturated rings. The number of halogens is 1. The molecule has 0 spiro atoms. The zero-order valence-corrected chi connectivity index (χ0v) is 19.9. The van der Waals surface area contributed by atoms with Crippen LogP contribution >= 0.6 is 11.6 Å². The van der Waals surface area contributed by atoms with Crippen LogP contribution < -0.4 is 19.1 Å². The van der Waals surface area contributed by atoms with Crippen LogP contribution in [0.4, 0.5) is 5.69 Å².